The minimum absolute atomic E-state index is 0.0207. The van der Waals surface area contributed by atoms with Crippen LogP contribution in [0.1, 0.15) is 44.1 Å². The first-order chi connectivity index (χ1) is 9.74. The second kappa shape index (κ2) is 5.96. The van der Waals surface area contributed by atoms with Crippen LogP contribution in [0.4, 0.5) is 0 Å². The lowest BCUT2D eigenvalue weighted by Gasteiger charge is -2.35. The van der Waals surface area contributed by atoms with Crippen LogP contribution in [0.3, 0.4) is 0 Å². The van der Waals surface area contributed by atoms with Crippen LogP contribution in [0.25, 0.3) is 0 Å². The zero-order valence-corrected chi connectivity index (χ0v) is 12.2. The van der Waals surface area contributed by atoms with E-state index in [-0.39, 0.29) is 11.9 Å². The fourth-order valence-electron chi connectivity index (χ4n) is 3.06. The molecule has 1 N–H and O–H groups in total. The highest BCUT2D eigenvalue weighted by Gasteiger charge is 2.30. The first-order valence-corrected chi connectivity index (χ1v) is 7.83. The number of likely N-dealkylation sites (tertiary alicyclic amines) is 1. The summed E-state index contributed by atoms with van der Waals surface area (Å²) < 4.78 is 0. The Morgan fingerprint density at radius 3 is 2.40 bits per heavy atom. The Labute approximate surface area is 121 Å². The second-order valence-electron chi connectivity index (χ2n) is 6.18. The Bertz CT molecular complexity index is 447. The van der Waals surface area contributed by atoms with Gasteiger partial charge in [0.1, 0.15) is 0 Å². The molecule has 0 unspecified atom stereocenters. The van der Waals surface area contributed by atoms with Crippen molar-refractivity contribution < 1.29 is 4.79 Å². The molecule has 2 aliphatic rings. The number of piperidine rings is 1. The van der Waals surface area contributed by atoms with Gasteiger partial charge in [-0.3, -0.25) is 9.69 Å². The molecule has 1 saturated heterocycles. The molecule has 3 heteroatoms. The quantitative estimate of drug-likeness (QED) is 0.913. The van der Waals surface area contributed by atoms with Crippen molar-refractivity contribution in [1.82, 2.24) is 10.2 Å². The average molecular weight is 272 g/mol. The maximum Gasteiger partial charge on any atom is 0.237 e. The van der Waals surface area contributed by atoms with Gasteiger partial charge < -0.3 is 5.32 Å². The fraction of sp³-hybridized carbons (Fsp3) is 0.588. The van der Waals surface area contributed by atoms with Crippen molar-refractivity contribution in [2.24, 2.45) is 0 Å². The maximum absolute atomic E-state index is 12.1. The Morgan fingerprint density at radius 1 is 1.15 bits per heavy atom. The van der Waals surface area contributed by atoms with E-state index in [0.717, 1.165) is 38.8 Å². The van der Waals surface area contributed by atoms with Crippen molar-refractivity contribution in [3.05, 3.63) is 35.9 Å². The molecule has 3 nitrogen and oxygen atoms in total. The number of carbonyl (C=O) groups excluding carboxylic acids is 1. The number of amides is 1. The van der Waals surface area contributed by atoms with Crippen LogP contribution in [0.5, 0.6) is 0 Å². The molecule has 1 heterocycles. The summed E-state index contributed by atoms with van der Waals surface area (Å²) in [4.78, 5) is 14.4. The molecule has 1 aliphatic heterocycles. The third kappa shape index (κ3) is 3.21. The summed E-state index contributed by atoms with van der Waals surface area (Å²) in [5.74, 6) is 0.872. The summed E-state index contributed by atoms with van der Waals surface area (Å²) in [5, 5.41) is 3.11. The van der Waals surface area contributed by atoms with Crippen molar-refractivity contribution in [3.8, 4) is 0 Å². The van der Waals surface area contributed by atoms with Gasteiger partial charge in [-0.15, -0.1) is 0 Å². The van der Waals surface area contributed by atoms with Crippen LogP contribution in [0, 0.1) is 0 Å². The van der Waals surface area contributed by atoms with E-state index < -0.39 is 0 Å². The smallest absolute Gasteiger partial charge is 0.237 e. The SMILES string of the molecule is C[C@H](C(=O)NC1CC1)N1CCC(c2ccccc2)CC1. The highest BCUT2D eigenvalue weighted by Crippen LogP contribution is 2.28. The number of nitrogens with zero attached hydrogens (tertiary/aromatic N) is 1. The predicted octanol–water partition coefficient (Wildman–Crippen LogP) is 2.53. The maximum atomic E-state index is 12.1. The average Bonchev–Trinajstić information content (AvgIpc) is 3.31. The van der Waals surface area contributed by atoms with Crippen molar-refractivity contribution >= 4 is 5.91 Å². The molecule has 3 rings (SSSR count). The Kier molecular flexibility index (Phi) is 4.06. The predicted molar refractivity (Wildman–Crippen MR) is 80.6 cm³/mol. The number of hydrogen-bond acceptors (Lipinski definition) is 2. The van der Waals surface area contributed by atoms with Crippen LogP contribution in [0.2, 0.25) is 0 Å². The van der Waals surface area contributed by atoms with E-state index in [1.54, 1.807) is 0 Å². The Hall–Kier alpha value is -1.35. The summed E-state index contributed by atoms with van der Waals surface area (Å²) >= 11 is 0. The number of nitrogens with one attached hydrogen (secondary N) is 1. The van der Waals surface area contributed by atoms with Crippen molar-refractivity contribution in [1.29, 1.82) is 0 Å². The van der Waals surface area contributed by atoms with E-state index in [4.69, 9.17) is 0 Å². The first-order valence-electron chi connectivity index (χ1n) is 7.83. The van der Waals surface area contributed by atoms with E-state index in [0.29, 0.717) is 12.0 Å². The van der Waals surface area contributed by atoms with Crippen LogP contribution in [0.15, 0.2) is 30.3 Å². The Morgan fingerprint density at radius 2 is 1.80 bits per heavy atom. The molecular weight excluding hydrogens is 248 g/mol. The number of rotatable bonds is 4. The van der Waals surface area contributed by atoms with Gasteiger partial charge >= 0.3 is 0 Å². The van der Waals surface area contributed by atoms with Crippen molar-refractivity contribution in [3.63, 3.8) is 0 Å². The molecule has 0 bridgehead atoms. The van der Waals surface area contributed by atoms with Crippen molar-refractivity contribution in [2.75, 3.05) is 13.1 Å². The van der Waals surface area contributed by atoms with Crippen LogP contribution < -0.4 is 5.32 Å². The van der Waals surface area contributed by atoms with Gasteiger partial charge in [-0.25, -0.2) is 0 Å². The topological polar surface area (TPSA) is 32.3 Å². The third-order valence-electron chi connectivity index (χ3n) is 4.65. The lowest BCUT2D eigenvalue weighted by molar-refractivity contribution is -0.126. The molecule has 1 saturated carbocycles. The van der Waals surface area contributed by atoms with Gasteiger partial charge in [0, 0.05) is 6.04 Å². The molecule has 1 amide bonds. The molecule has 0 spiro atoms. The molecule has 20 heavy (non-hydrogen) atoms. The molecule has 1 aliphatic carbocycles. The first kappa shape index (κ1) is 13.6. The van der Waals surface area contributed by atoms with E-state index in [9.17, 15) is 4.79 Å². The summed E-state index contributed by atoms with van der Waals surface area (Å²) in [6.45, 7) is 4.10. The molecule has 108 valence electrons. The molecule has 0 aromatic heterocycles. The zero-order valence-electron chi connectivity index (χ0n) is 12.2. The summed E-state index contributed by atoms with van der Waals surface area (Å²) in [7, 11) is 0. The second-order valence-corrected chi connectivity index (χ2v) is 6.18. The summed E-state index contributed by atoms with van der Waals surface area (Å²) in [6, 6.07) is 11.2. The van der Waals surface area contributed by atoms with E-state index >= 15 is 0 Å². The molecule has 2 fully saturated rings. The lowest BCUT2D eigenvalue weighted by Crippen LogP contribution is -2.48. The summed E-state index contributed by atoms with van der Waals surface area (Å²) in [5.41, 5.74) is 1.45. The normalized spacial score (nSPS) is 22.4. The minimum Gasteiger partial charge on any atom is -0.352 e. The van der Waals surface area contributed by atoms with Crippen LogP contribution >= 0.6 is 0 Å². The summed E-state index contributed by atoms with van der Waals surface area (Å²) in [6.07, 6.45) is 4.64. The van der Waals surface area contributed by atoms with Gasteiger partial charge in [-0.2, -0.15) is 0 Å². The Balaban J connectivity index is 1.51. The van der Waals surface area contributed by atoms with E-state index in [1.807, 2.05) is 6.92 Å². The molecule has 0 radical (unpaired) electrons. The van der Waals surface area contributed by atoms with Crippen molar-refractivity contribution in [2.45, 2.75) is 50.6 Å². The number of benzene rings is 1. The van der Waals surface area contributed by atoms with Gasteiger partial charge in [0.2, 0.25) is 5.91 Å². The van der Waals surface area contributed by atoms with Gasteiger partial charge in [0.15, 0.2) is 0 Å². The van der Waals surface area contributed by atoms with Crippen LogP contribution in [-0.4, -0.2) is 36.0 Å². The van der Waals surface area contributed by atoms with E-state index in [2.05, 4.69) is 40.5 Å². The minimum atomic E-state index is 0.0207. The van der Waals surface area contributed by atoms with Gasteiger partial charge in [0.05, 0.1) is 6.04 Å². The monoisotopic (exact) mass is 272 g/mol. The molecule has 1 aromatic carbocycles. The van der Waals surface area contributed by atoms with Gasteiger partial charge in [-0.1, -0.05) is 30.3 Å². The lowest BCUT2D eigenvalue weighted by atomic mass is 9.89. The fourth-order valence-corrected chi connectivity index (χ4v) is 3.06. The largest absolute Gasteiger partial charge is 0.352 e. The third-order valence-corrected chi connectivity index (χ3v) is 4.65. The highest BCUT2D eigenvalue weighted by molar-refractivity contribution is 5.81. The van der Waals surface area contributed by atoms with Gasteiger partial charge in [-0.05, 0) is 57.2 Å². The number of hydrogen-bond donors (Lipinski definition) is 1. The molecule has 1 aromatic rings. The zero-order chi connectivity index (χ0) is 13.9. The number of carbonyl (C=O) groups is 1. The standard InChI is InChI=1S/C17H24N2O/c1-13(17(20)18-16-7-8-16)19-11-9-15(10-12-19)14-5-3-2-4-6-14/h2-6,13,15-16H,7-12H2,1H3,(H,18,20)/t13-/m1/s1. The van der Waals surface area contributed by atoms with Crippen LogP contribution in [-0.2, 0) is 4.79 Å². The molecular formula is C17H24N2O. The van der Waals surface area contributed by atoms with Gasteiger partial charge in [0.25, 0.3) is 0 Å². The highest BCUT2D eigenvalue weighted by atomic mass is 16.2. The van der Waals surface area contributed by atoms with E-state index in [1.165, 1.54) is 5.56 Å². The molecule has 1 atom stereocenters.